The average Bonchev–Trinajstić information content (AvgIpc) is 2.46. The fourth-order valence-electron chi connectivity index (χ4n) is 1.99. The minimum absolute atomic E-state index is 0.270. The summed E-state index contributed by atoms with van der Waals surface area (Å²) in [5, 5.41) is 3.26. The van der Waals surface area contributed by atoms with Crippen LogP contribution in [0.2, 0.25) is 0 Å². The van der Waals surface area contributed by atoms with Gasteiger partial charge in [-0.15, -0.1) is 0 Å². The zero-order chi connectivity index (χ0) is 15.1. The molecule has 2 rings (SSSR count). The summed E-state index contributed by atoms with van der Waals surface area (Å²) in [6, 6.07) is 12.7. The number of benzene rings is 2. The molecule has 4 heteroatoms. The zero-order valence-corrected chi connectivity index (χ0v) is 13.6. The number of ether oxygens (including phenoxy) is 1. The molecule has 0 aromatic heterocycles. The first-order valence-corrected chi connectivity index (χ1v) is 7.84. The first kappa shape index (κ1) is 16.0. The predicted octanol–water partition coefficient (Wildman–Crippen LogP) is 4.67. The lowest BCUT2D eigenvalue weighted by molar-refractivity contribution is 0.303. The van der Waals surface area contributed by atoms with E-state index in [2.05, 4.69) is 28.2 Å². The topological polar surface area (TPSA) is 21.3 Å². The first-order valence-electron chi connectivity index (χ1n) is 7.05. The van der Waals surface area contributed by atoms with Gasteiger partial charge in [0.2, 0.25) is 0 Å². The van der Waals surface area contributed by atoms with Gasteiger partial charge in [-0.1, -0.05) is 41.1 Å². The minimum Gasteiger partial charge on any atom is -0.489 e. The summed E-state index contributed by atoms with van der Waals surface area (Å²) in [6.07, 6.45) is 1.06. The molecule has 0 aliphatic carbocycles. The standard InChI is InChI=1S/C17H19BrFNO/c1-2-7-20-11-13-8-15(19)10-16(9-13)21-12-14-5-3-4-6-17(14)18/h3-6,8-10,20H,2,7,11-12H2,1H3. The molecule has 2 aromatic rings. The van der Waals surface area contributed by atoms with E-state index in [4.69, 9.17) is 4.74 Å². The molecule has 21 heavy (non-hydrogen) atoms. The highest BCUT2D eigenvalue weighted by molar-refractivity contribution is 9.10. The average molecular weight is 352 g/mol. The second kappa shape index (κ2) is 8.15. The SMILES string of the molecule is CCCNCc1cc(F)cc(OCc2ccccc2Br)c1. The Morgan fingerprint density at radius 1 is 1.19 bits per heavy atom. The Hall–Kier alpha value is -1.39. The van der Waals surface area contributed by atoms with Crippen LogP contribution in [-0.4, -0.2) is 6.54 Å². The summed E-state index contributed by atoms with van der Waals surface area (Å²) >= 11 is 3.48. The third kappa shape index (κ3) is 5.14. The Morgan fingerprint density at radius 2 is 2.00 bits per heavy atom. The quantitative estimate of drug-likeness (QED) is 0.732. The largest absolute Gasteiger partial charge is 0.489 e. The van der Waals surface area contributed by atoms with Crippen molar-refractivity contribution in [1.29, 1.82) is 0 Å². The van der Waals surface area contributed by atoms with Crippen LogP contribution in [0.15, 0.2) is 46.9 Å². The fourth-order valence-corrected chi connectivity index (χ4v) is 2.39. The molecule has 0 fully saturated rings. The zero-order valence-electron chi connectivity index (χ0n) is 12.0. The van der Waals surface area contributed by atoms with Gasteiger partial charge in [0.1, 0.15) is 18.2 Å². The molecule has 0 spiro atoms. The third-order valence-electron chi connectivity index (χ3n) is 3.04. The summed E-state index contributed by atoms with van der Waals surface area (Å²) in [5.41, 5.74) is 1.93. The van der Waals surface area contributed by atoms with Gasteiger partial charge in [-0.2, -0.15) is 0 Å². The Labute approximate surface area is 133 Å². The maximum Gasteiger partial charge on any atom is 0.127 e. The normalized spacial score (nSPS) is 10.6. The molecular formula is C17H19BrFNO. The second-order valence-electron chi connectivity index (χ2n) is 4.85. The van der Waals surface area contributed by atoms with E-state index in [1.165, 1.54) is 12.1 Å². The van der Waals surface area contributed by atoms with Gasteiger partial charge in [0, 0.05) is 22.6 Å². The Bertz CT molecular complexity index is 589. The maximum atomic E-state index is 13.6. The summed E-state index contributed by atoms with van der Waals surface area (Å²) < 4.78 is 20.3. The lowest BCUT2D eigenvalue weighted by Crippen LogP contribution is -2.14. The molecule has 112 valence electrons. The molecule has 0 saturated heterocycles. The van der Waals surface area contributed by atoms with Gasteiger partial charge in [-0.05, 0) is 36.7 Å². The van der Waals surface area contributed by atoms with E-state index in [0.717, 1.165) is 28.6 Å². The van der Waals surface area contributed by atoms with Gasteiger partial charge >= 0.3 is 0 Å². The van der Waals surface area contributed by atoms with Gasteiger partial charge in [-0.25, -0.2) is 4.39 Å². The molecule has 0 aliphatic heterocycles. The number of hydrogen-bond donors (Lipinski definition) is 1. The molecule has 2 aromatic carbocycles. The molecular weight excluding hydrogens is 333 g/mol. The van der Waals surface area contributed by atoms with Crippen molar-refractivity contribution in [2.24, 2.45) is 0 Å². The van der Waals surface area contributed by atoms with E-state index < -0.39 is 0 Å². The molecule has 0 radical (unpaired) electrons. The predicted molar refractivity (Wildman–Crippen MR) is 86.9 cm³/mol. The van der Waals surface area contributed by atoms with Crippen LogP contribution < -0.4 is 10.1 Å². The molecule has 0 heterocycles. The van der Waals surface area contributed by atoms with Gasteiger partial charge in [0.25, 0.3) is 0 Å². The van der Waals surface area contributed by atoms with Crippen LogP contribution in [0, 0.1) is 5.82 Å². The van der Waals surface area contributed by atoms with Crippen molar-refractivity contribution in [1.82, 2.24) is 5.32 Å². The second-order valence-corrected chi connectivity index (χ2v) is 5.71. The minimum atomic E-state index is -0.270. The van der Waals surface area contributed by atoms with Crippen molar-refractivity contribution in [3.8, 4) is 5.75 Å². The maximum absolute atomic E-state index is 13.6. The Balaban J connectivity index is 2.01. The van der Waals surface area contributed by atoms with Crippen LogP contribution in [0.5, 0.6) is 5.75 Å². The van der Waals surface area contributed by atoms with Crippen molar-refractivity contribution >= 4 is 15.9 Å². The molecule has 0 amide bonds. The van der Waals surface area contributed by atoms with Crippen LogP contribution in [0.4, 0.5) is 4.39 Å². The highest BCUT2D eigenvalue weighted by Crippen LogP contribution is 2.21. The number of nitrogens with one attached hydrogen (secondary N) is 1. The number of rotatable bonds is 7. The van der Waals surface area contributed by atoms with Crippen molar-refractivity contribution in [3.05, 3.63) is 63.9 Å². The number of halogens is 2. The van der Waals surface area contributed by atoms with Crippen LogP contribution in [0.1, 0.15) is 24.5 Å². The van der Waals surface area contributed by atoms with Crippen LogP contribution in [0.25, 0.3) is 0 Å². The van der Waals surface area contributed by atoms with Crippen molar-refractivity contribution < 1.29 is 9.13 Å². The monoisotopic (exact) mass is 351 g/mol. The highest BCUT2D eigenvalue weighted by Gasteiger charge is 2.04. The smallest absolute Gasteiger partial charge is 0.127 e. The van der Waals surface area contributed by atoms with E-state index >= 15 is 0 Å². The van der Waals surface area contributed by atoms with Crippen LogP contribution >= 0.6 is 15.9 Å². The van der Waals surface area contributed by atoms with E-state index in [9.17, 15) is 4.39 Å². The summed E-state index contributed by atoms with van der Waals surface area (Å²) in [7, 11) is 0. The lowest BCUT2D eigenvalue weighted by Gasteiger charge is -2.10. The van der Waals surface area contributed by atoms with E-state index in [1.54, 1.807) is 0 Å². The fraction of sp³-hybridized carbons (Fsp3) is 0.294. The molecule has 0 bridgehead atoms. The Morgan fingerprint density at radius 3 is 2.76 bits per heavy atom. The number of hydrogen-bond acceptors (Lipinski definition) is 2. The van der Waals surface area contributed by atoms with Crippen LogP contribution in [-0.2, 0) is 13.2 Å². The van der Waals surface area contributed by atoms with E-state index in [0.29, 0.717) is 18.9 Å². The van der Waals surface area contributed by atoms with Gasteiger partial charge in [-0.3, -0.25) is 0 Å². The summed E-state index contributed by atoms with van der Waals surface area (Å²) in [5.74, 6) is 0.284. The molecule has 0 aliphatic rings. The summed E-state index contributed by atoms with van der Waals surface area (Å²) in [6.45, 7) is 4.08. The highest BCUT2D eigenvalue weighted by atomic mass is 79.9. The van der Waals surface area contributed by atoms with Crippen molar-refractivity contribution in [2.45, 2.75) is 26.5 Å². The van der Waals surface area contributed by atoms with E-state index in [1.807, 2.05) is 30.3 Å². The lowest BCUT2D eigenvalue weighted by atomic mass is 10.2. The first-order chi connectivity index (χ1) is 10.2. The third-order valence-corrected chi connectivity index (χ3v) is 3.81. The van der Waals surface area contributed by atoms with Gasteiger partial charge in [0.05, 0.1) is 0 Å². The van der Waals surface area contributed by atoms with Gasteiger partial charge in [0.15, 0.2) is 0 Å². The molecule has 0 atom stereocenters. The summed E-state index contributed by atoms with van der Waals surface area (Å²) in [4.78, 5) is 0. The van der Waals surface area contributed by atoms with E-state index in [-0.39, 0.29) is 5.82 Å². The Kier molecular flexibility index (Phi) is 6.21. The van der Waals surface area contributed by atoms with Crippen LogP contribution in [0.3, 0.4) is 0 Å². The molecule has 1 N–H and O–H groups in total. The molecule has 0 unspecified atom stereocenters. The molecule has 0 saturated carbocycles. The van der Waals surface area contributed by atoms with Crippen molar-refractivity contribution in [3.63, 3.8) is 0 Å². The van der Waals surface area contributed by atoms with Gasteiger partial charge < -0.3 is 10.1 Å². The van der Waals surface area contributed by atoms with Crippen molar-refractivity contribution in [2.75, 3.05) is 6.54 Å². The molecule has 2 nitrogen and oxygen atoms in total.